The average Bonchev–Trinajstić information content (AvgIpc) is 2.20. The van der Waals surface area contributed by atoms with E-state index >= 15 is 0 Å². The van der Waals surface area contributed by atoms with E-state index in [0.29, 0.717) is 0 Å². The molecule has 1 aromatic rings. The summed E-state index contributed by atoms with van der Waals surface area (Å²) >= 11 is 4.30. The number of hydrogen-bond acceptors (Lipinski definition) is 2. The van der Waals surface area contributed by atoms with Gasteiger partial charge in [0.1, 0.15) is 0 Å². The van der Waals surface area contributed by atoms with Gasteiger partial charge in [0, 0.05) is 13.1 Å². The molecule has 1 nitrogen and oxygen atoms in total. The fourth-order valence-electron chi connectivity index (χ4n) is 1.57. The summed E-state index contributed by atoms with van der Waals surface area (Å²) in [6.45, 7) is 2.00. The van der Waals surface area contributed by atoms with E-state index < -0.39 is 0 Å². The van der Waals surface area contributed by atoms with Crippen LogP contribution >= 0.6 is 12.8 Å². The Labute approximate surface area is 84.6 Å². The van der Waals surface area contributed by atoms with E-state index in [4.69, 9.17) is 0 Å². The molecule has 1 heterocycles. The van der Waals surface area contributed by atoms with Crippen molar-refractivity contribution in [1.82, 2.24) is 4.31 Å². The molecule has 2 heteroatoms. The molecule has 0 aliphatic carbocycles. The molecule has 1 aromatic carbocycles. The van der Waals surface area contributed by atoms with E-state index in [2.05, 4.69) is 49.2 Å². The molecule has 0 bridgehead atoms. The monoisotopic (exact) mass is 191 g/mol. The van der Waals surface area contributed by atoms with Gasteiger partial charge in [-0.15, -0.1) is 0 Å². The van der Waals surface area contributed by atoms with Crippen LogP contribution in [-0.4, -0.2) is 17.4 Å². The van der Waals surface area contributed by atoms with Gasteiger partial charge in [-0.1, -0.05) is 49.2 Å². The molecule has 68 valence electrons. The molecule has 0 saturated carbocycles. The zero-order chi connectivity index (χ0) is 9.10. The largest absolute Gasteiger partial charge is 0.249 e. The van der Waals surface area contributed by atoms with Crippen molar-refractivity contribution in [2.45, 2.75) is 6.42 Å². The maximum Gasteiger partial charge on any atom is 0.0274 e. The van der Waals surface area contributed by atoms with Crippen molar-refractivity contribution < 1.29 is 0 Å². The molecule has 0 fully saturated rings. The quantitative estimate of drug-likeness (QED) is 0.668. The highest BCUT2D eigenvalue weighted by Crippen LogP contribution is 2.22. The smallest absolute Gasteiger partial charge is 0.0274 e. The maximum atomic E-state index is 4.30. The molecular formula is C11H13NS. The Kier molecular flexibility index (Phi) is 2.71. The van der Waals surface area contributed by atoms with Gasteiger partial charge < -0.3 is 0 Å². The third kappa shape index (κ3) is 2.14. The summed E-state index contributed by atoms with van der Waals surface area (Å²) in [5.74, 6) is 0. The number of thiol groups is 1. The van der Waals surface area contributed by atoms with Gasteiger partial charge in [-0.3, -0.25) is 0 Å². The van der Waals surface area contributed by atoms with Gasteiger partial charge in [-0.25, -0.2) is 4.31 Å². The normalized spacial score (nSPS) is 18.4. The zero-order valence-electron chi connectivity index (χ0n) is 7.48. The fourth-order valence-corrected chi connectivity index (χ4v) is 1.75. The standard InChI is InChI=1S/C11H13NS/c13-12-8-6-11(7-9-12)10-4-2-1-3-5-10/h1-6,13H,7-9H2. The Morgan fingerprint density at radius 2 is 1.92 bits per heavy atom. The van der Waals surface area contributed by atoms with Crippen molar-refractivity contribution >= 4 is 18.4 Å². The second kappa shape index (κ2) is 3.99. The lowest BCUT2D eigenvalue weighted by Crippen LogP contribution is -2.18. The Morgan fingerprint density at radius 1 is 1.15 bits per heavy atom. The highest BCUT2D eigenvalue weighted by molar-refractivity contribution is 7.77. The molecule has 0 radical (unpaired) electrons. The zero-order valence-corrected chi connectivity index (χ0v) is 8.37. The molecule has 0 N–H and O–H groups in total. The minimum Gasteiger partial charge on any atom is -0.249 e. The van der Waals surface area contributed by atoms with Crippen LogP contribution in [-0.2, 0) is 0 Å². The average molecular weight is 191 g/mol. The summed E-state index contributed by atoms with van der Waals surface area (Å²) in [6, 6.07) is 10.6. The van der Waals surface area contributed by atoms with Gasteiger partial charge in [-0.05, 0) is 17.6 Å². The number of benzene rings is 1. The van der Waals surface area contributed by atoms with Crippen LogP contribution in [0.1, 0.15) is 12.0 Å². The van der Waals surface area contributed by atoms with Crippen LogP contribution in [0.25, 0.3) is 5.57 Å². The molecule has 0 unspecified atom stereocenters. The number of hydrogen-bond donors (Lipinski definition) is 1. The molecule has 0 atom stereocenters. The highest BCUT2D eigenvalue weighted by atomic mass is 32.1. The number of rotatable bonds is 1. The molecule has 0 saturated heterocycles. The summed E-state index contributed by atoms with van der Waals surface area (Å²) in [6.07, 6.45) is 3.36. The van der Waals surface area contributed by atoms with Crippen molar-refractivity contribution in [2.24, 2.45) is 0 Å². The lowest BCUT2D eigenvalue weighted by molar-refractivity contribution is 0.523. The van der Waals surface area contributed by atoms with E-state index in [1.807, 2.05) is 4.31 Å². The Balaban J connectivity index is 2.19. The lowest BCUT2D eigenvalue weighted by Gasteiger charge is -2.20. The molecule has 13 heavy (non-hydrogen) atoms. The third-order valence-corrected chi connectivity index (χ3v) is 2.70. The lowest BCUT2D eigenvalue weighted by atomic mass is 10.0. The molecular weight excluding hydrogens is 178 g/mol. The first kappa shape index (κ1) is 8.85. The molecule has 2 rings (SSSR count). The van der Waals surface area contributed by atoms with Crippen LogP contribution < -0.4 is 0 Å². The van der Waals surface area contributed by atoms with E-state index in [1.54, 1.807) is 0 Å². The van der Waals surface area contributed by atoms with Gasteiger partial charge >= 0.3 is 0 Å². The third-order valence-electron chi connectivity index (χ3n) is 2.33. The number of nitrogens with zero attached hydrogens (tertiary/aromatic N) is 1. The van der Waals surface area contributed by atoms with E-state index in [0.717, 1.165) is 19.5 Å². The molecule has 1 aliphatic rings. The second-order valence-electron chi connectivity index (χ2n) is 3.26. The SMILES string of the molecule is SN1CC=C(c2ccccc2)CC1. The summed E-state index contributed by atoms with van der Waals surface area (Å²) in [7, 11) is 0. The molecule has 0 aromatic heterocycles. The first-order valence-corrected chi connectivity index (χ1v) is 4.94. The Morgan fingerprint density at radius 3 is 2.54 bits per heavy atom. The first-order valence-electron chi connectivity index (χ1n) is 4.54. The predicted octanol–water partition coefficient (Wildman–Crippen LogP) is 2.62. The maximum absolute atomic E-state index is 4.30. The summed E-state index contributed by atoms with van der Waals surface area (Å²) < 4.78 is 2.03. The van der Waals surface area contributed by atoms with Gasteiger partial charge in [0.2, 0.25) is 0 Å². The van der Waals surface area contributed by atoms with Crippen LogP contribution in [0.15, 0.2) is 36.4 Å². The second-order valence-corrected chi connectivity index (χ2v) is 3.82. The van der Waals surface area contributed by atoms with E-state index in [9.17, 15) is 0 Å². The summed E-state index contributed by atoms with van der Waals surface area (Å²) in [4.78, 5) is 0. The van der Waals surface area contributed by atoms with Crippen LogP contribution in [0.5, 0.6) is 0 Å². The van der Waals surface area contributed by atoms with Gasteiger partial charge in [0.15, 0.2) is 0 Å². The van der Waals surface area contributed by atoms with Gasteiger partial charge in [0.25, 0.3) is 0 Å². The Bertz CT molecular complexity index is 305. The van der Waals surface area contributed by atoms with Gasteiger partial charge in [0.05, 0.1) is 0 Å². The van der Waals surface area contributed by atoms with Crippen molar-refractivity contribution in [1.29, 1.82) is 0 Å². The Hall–Kier alpha value is -0.730. The van der Waals surface area contributed by atoms with Gasteiger partial charge in [-0.2, -0.15) is 0 Å². The van der Waals surface area contributed by atoms with Crippen molar-refractivity contribution in [3.63, 3.8) is 0 Å². The fraction of sp³-hybridized carbons (Fsp3) is 0.273. The molecule has 0 spiro atoms. The minimum atomic E-state index is 0.952. The predicted molar refractivity (Wildman–Crippen MR) is 59.6 cm³/mol. The van der Waals surface area contributed by atoms with Crippen molar-refractivity contribution in [3.05, 3.63) is 42.0 Å². The summed E-state index contributed by atoms with van der Waals surface area (Å²) in [5.41, 5.74) is 2.80. The van der Waals surface area contributed by atoms with E-state index in [1.165, 1.54) is 11.1 Å². The van der Waals surface area contributed by atoms with Crippen LogP contribution in [0.4, 0.5) is 0 Å². The minimum absolute atomic E-state index is 0.952. The van der Waals surface area contributed by atoms with Crippen molar-refractivity contribution in [3.8, 4) is 0 Å². The highest BCUT2D eigenvalue weighted by Gasteiger charge is 2.08. The van der Waals surface area contributed by atoms with Crippen LogP contribution in [0, 0.1) is 0 Å². The van der Waals surface area contributed by atoms with Crippen LogP contribution in [0.3, 0.4) is 0 Å². The van der Waals surface area contributed by atoms with Crippen molar-refractivity contribution in [2.75, 3.05) is 13.1 Å². The molecule has 0 amide bonds. The summed E-state index contributed by atoms with van der Waals surface area (Å²) in [5, 5.41) is 0. The topological polar surface area (TPSA) is 3.24 Å². The van der Waals surface area contributed by atoms with Crippen LogP contribution in [0.2, 0.25) is 0 Å². The first-order chi connectivity index (χ1) is 6.36. The van der Waals surface area contributed by atoms with E-state index in [-0.39, 0.29) is 0 Å². The molecule has 1 aliphatic heterocycles.